The average Bonchev–Trinajstić information content (AvgIpc) is 2.68. The molecule has 1 N–H and O–H groups in total. The summed E-state index contributed by atoms with van der Waals surface area (Å²) < 4.78 is 5.83. The van der Waals surface area contributed by atoms with E-state index in [0.717, 1.165) is 51.1 Å². The zero-order valence-electron chi connectivity index (χ0n) is 15.1. The van der Waals surface area contributed by atoms with Gasteiger partial charge in [-0.1, -0.05) is 42.5 Å². The molecule has 1 fully saturated rings. The van der Waals surface area contributed by atoms with Crippen LogP contribution in [-0.4, -0.2) is 42.2 Å². The van der Waals surface area contributed by atoms with Gasteiger partial charge in [0.2, 0.25) is 0 Å². The Labute approximate surface area is 155 Å². The van der Waals surface area contributed by atoms with Crippen molar-refractivity contribution in [2.24, 2.45) is 5.92 Å². The Hall–Kier alpha value is -2.33. The van der Waals surface area contributed by atoms with E-state index >= 15 is 0 Å². The second kappa shape index (κ2) is 9.39. The van der Waals surface area contributed by atoms with E-state index in [1.165, 1.54) is 11.1 Å². The van der Waals surface area contributed by atoms with Gasteiger partial charge in [-0.15, -0.1) is 0 Å². The standard InChI is InChI=1S/C22H27NO3/c24-22(25)20-11-15-23(16-12-20)14-10-19-6-8-21(9-7-19)26-17-13-18-4-2-1-3-5-18/h1-9,20H,10-17H2,(H,24,25). The fourth-order valence-corrected chi connectivity index (χ4v) is 3.37. The van der Waals surface area contributed by atoms with E-state index in [4.69, 9.17) is 9.84 Å². The van der Waals surface area contributed by atoms with Gasteiger partial charge in [-0.2, -0.15) is 0 Å². The van der Waals surface area contributed by atoms with Crippen LogP contribution in [0.15, 0.2) is 54.6 Å². The van der Waals surface area contributed by atoms with Crippen molar-refractivity contribution in [1.82, 2.24) is 4.90 Å². The van der Waals surface area contributed by atoms with Gasteiger partial charge in [0.05, 0.1) is 12.5 Å². The minimum absolute atomic E-state index is 0.154. The van der Waals surface area contributed by atoms with E-state index in [1.807, 2.05) is 30.3 Å². The Bertz CT molecular complexity index is 676. The van der Waals surface area contributed by atoms with E-state index < -0.39 is 5.97 Å². The van der Waals surface area contributed by atoms with E-state index in [1.54, 1.807) is 0 Å². The van der Waals surface area contributed by atoms with Crippen LogP contribution >= 0.6 is 0 Å². The van der Waals surface area contributed by atoms with Crippen LogP contribution in [0.3, 0.4) is 0 Å². The van der Waals surface area contributed by atoms with Crippen molar-refractivity contribution in [3.05, 3.63) is 65.7 Å². The summed E-state index contributed by atoms with van der Waals surface area (Å²) in [5.41, 5.74) is 2.58. The molecule has 0 radical (unpaired) electrons. The first kappa shape index (κ1) is 18.5. The van der Waals surface area contributed by atoms with Gasteiger partial charge in [-0.3, -0.25) is 4.79 Å². The summed E-state index contributed by atoms with van der Waals surface area (Å²) in [6.07, 6.45) is 3.43. The molecule has 0 unspecified atom stereocenters. The summed E-state index contributed by atoms with van der Waals surface area (Å²) in [5.74, 6) is 0.109. The second-order valence-corrected chi connectivity index (χ2v) is 6.93. The van der Waals surface area contributed by atoms with Crippen LogP contribution in [0.1, 0.15) is 24.0 Å². The topological polar surface area (TPSA) is 49.8 Å². The quantitative estimate of drug-likeness (QED) is 0.787. The second-order valence-electron chi connectivity index (χ2n) is 6.93. The van der Waals surface area contributed by atoms with Crippen molar-refractivity contribution in [2.75, 3.05) is 26.2 Å². The summed E-state index contributed by atoms with van der Waals surface area (Å²) >= 11 is 0. The van der Waals surface area contributed by atoms with Gasteiger partial charge in [0.15, 0.2) is 0 Å². The molecule has 0 aliphatic carbocycles. The Morgan fingerprint density at radius 1 is 0.962 bits per heavy atom. The van der Waals surface area contributed by atoms with Crippen molar-refractivity contribution in [2.45, 2.75) is 25.7 Å². The molecule has 0 saturated carbocycles. The van der Waals surface area contributed by atoms with Gasteiger partial charge in [0, 0.05) is 13.0 Å². The summed E-state index contributed by atoms with van der Waals surface area (Å²) in [5, 5.41) is 9.05. The SMILES string of the molecule is O=C(O)C1CCN(CCc2ccc(OCCc3ccccc3)cc2)CC1. The number of hydrogen-bond donors (Lipinski definition) is 1. The maximum absolute atomic E-state index is 11.0. The van der Waals surface area contributed by atoms with Crippen LogP contribution in [0.2, 0.25) is 0 Å². The molecule has 0 bridgehead atoms. The number of likely N-dealkylation sites (tertiary alicyclic amines) is 1. The van der Waals surface area contributed by atoms with Gasteiger partial charge in [0.25, 0.3) is 0 Å². The van der Waals surface area contributed by atoms with Crippen LogP contribution in [0.5, 0.6) is 5.75 Å². The molecule has 4 heteroatoms. The molecule has 2 aromatic rings. The number of benzene rings is 2. The lowest BCUT2D eigenvalue weighted by atomic mass is 9.97. The lowest BCUT2D eigenvalue weighted by Crippen LogP contribution is -2.37. The number of carbonyl (C=O) groups is 1. The molecule has 0 aromatic heterocycles. The third kappa shape index (κ3) is 5.60. The zero-order chi connectivity index (χ0) is 18.2. The third-order valence-electron chi connectivity index (χ3n) is 5.08. The van der Waals surface area contributed by atoms with Crippen LogP contribution in [0.25, 0.3) is 0 Å². The summed E-state index contributed by atoms with van der Waals surface area (Å²) in [7, 11) is 0. The normalized spacial score (nSPS) is 15.7. The van der Waals surface area contributed by atoms with E-state index in [0.29, 0.717) is 6.61 Å². The van der Waals surface area contributed by atoms with E-state index in [2.05, 4.69) is 29.2 Å². The summed E-state index contributed by atoms with van der Waals surface area (Å²) in [6.45, 7) is 3.44. The summed E-state index contributed by atoms with van der Waals surface area (Å²) in [6, 6.07) is 18.7. The van der Waals surface area contributed by atoms with E-state index in [9.17, 15) is 4.79 Å². The average molecular weight is 353 g/mol. The van der Waals surface area contributed by atoms with Crippen LogP contribution in [-0.2, 0) is 17.6 Å². The highest BCUT2D eigenvalue weighted by Crippen LogP contribution is 2.18. The van der Waals surface area contributed by atoms with Crippen LogP contribution in [0, 0.1) is 5.92 Å². The molecule has 2 aromatic carbocycles. The maximum Gasteiger partial charge on any atom is 0.306 e. The number of ether oxygens (including phenoxy) is 1. The Balaban J connectivity index is 1.37. The molecule has 138 valence electrons. The first-order chi connectivity index (χ1) is 12.7. The van der Waals surface area contributed by atoms with Crippen molar-refractivity contribution >= 4 is 5.97 Å². The van der Waals surface area contributed by atoms with Crippen molar-refractivity contribution in [3.63, 3.8) is 0 Å². The number of carboxylic acid groups (broad SMARTS) is 1. The molecule has 0 spiro atoms. The molecule has 0 atom stereocenters. The van der Waals surface area contributed by atoms with Crippen molar-refractivity contribution in [1.29, 1.82) is 0 Å². The third-order valence-corrected chi connectivity index (χ3v) is 5.08. The highest BCUT2D eigenvalue weighted by atomic mass is 16.5. The lowest BCUT2D eigenvalue weighted by Gasteiger charge is -2.29. The van der Waals surface area contributed by atoms with Gasteiger partial charge in [-0.05, 0) is 55.6 Å². The predicted octanol–water partition coefficient (Wildman–Crippen LogP) is 3.65. The minimum Gasteiger partial charge on any atom is -0.493 e. The van der Waals surface area contributed by atoms with Gasteiger partial charge >= 0.3 is 5.97 Å². The minimum atomic E-state index is -0.646. The lowest BCUT2D eigenvalue weighted by molar-refractivity contribution is -0.143. The van der Waals surface area contributed by atoms with E-state index in [-0.39, 0.29) is 5.92 Å². The fraction of sp³-hybridized carbons (Fsp3) is 0.409. The Morgan fingerprint density at radius 2 is 1.62 bits per heavy atom. The first-order valence-electron chi connectivity index (χ1n) is 9.41. The smallest absolute Gasteiger partial charge is 0.306 e. The monoisotopic (exact) mass is 353 g/mol. The highest BCUT2D eigenvalue weighted by Gasteiger charge is 2.23. The number of piperidine rings is 1. The molecule has 0 amide bonds. The van der Waals surface area contributed by atoms with Crippen molar-refractivity contribution < 1.29 is 14.6 Å². The molecule has 3 rings (SSSR count). The zero-order valence-corrected chi connectivity index (χ0v) is 15.1. The maximum atomic E-state index is 11.0. The molecule has 1 aliphatic heterocycles. The number of carboxylic acids is 1. The van der Waals surface area contributed by atoms with Crippen molar-refractivity contribution in [3.8, 4) is 5.75 Å². The number of rotatable bonds is 8. The van der Waals surface area contributed by atoms with Gasteiger partial charge in [0.1, 0.15) is 5.75 Å². The molecule has 26 heavy (non-hydrogen) atoms. The van der Waals surface area contributed by atoms with Crippen LogP contribution in [0.4, 0.5) is 0 Å². The van der Waals surface area contributed by atoms with Gasteiger partial charge in [-0.25, -0.2) is 0 Å². The number of nitrogens with zero attached hydrogens (tertiary/aromatic N) is 1. The molecule has 4 nitrogen and oxygen atoms in total. The fourth-order valence-electron chi connectivity index (χ4n) is 3.37. The Morgan fingerprint density at radius 3 is 2.27 bits per heavy atom. The molecular weight excluding hydrogens is 326 g/mol. The molecule has 1 aliphatic rings. The molecule has 1 heterocycles. The molecular formula is C22H27NO3. The largest absolute Gasteiger partial charge is 0.493 e. The predicted molar refractivity (Wildman–Crippen MR) is 103 cm³/mol. The van der Waals surface area contributed by atoms with Crippen LogP contribution < -0.4 is 4.74 Å². The summed E-state index contributed by atoms with van der Waals surface area (Å²) in [4.78, 5) is 13.4. The number of hydrogen-bond acceptors (Lipinski definition) is 3. The first-order valence-corrected chi connectivity index (χ1v) is 9.41. The Kier molecular flexibility index (Phi) is 6.67. The van der Waals surface area contributed by atoms with Gasteiger partial charge < -0.3 is 14.7 Å². The highest BCUT2D eigenvalue weighted by molar-refractivity contribution is 5.70. The number of aliphatic carboxylic acids is 1. The molecule has 1 saturated heterocycles.